The summed E-state index contributed by atoms with van der Waals surface area (Å²) in [5.41, 5.74) is 0. The normalized spacial score (nSPS) is 11.6. The summed E-state index contributed by atoms with van der Waals surface area (Å²) >= 11 is 0. The third-order valence-corrected chi connectivity index (χ3v) is 2.16. The summed E-state index contributed by atoms with van der Waals surface area (Å²) in [6.07, 6.45) is 0. The van der Waals surface area contributed by atoms with Crippen molar-refractivity contribution in [1.82, 2.24) is 5.32 Å². The summed E-state index contributed by atoms with van der Waals surface area (Å²) in [5, 5.41) is 11.9. The molecule has 0 saturated heterocycles. The van der Waals surface area contributed by atoms with Crippen molar-refractivity contribution >= 4 is 0 Å². The first-order valence-electron chi connectivity index (χ1n) is 5.79. The maximum atomic E-state index is 8.88. The number of nitriles is 1. The molecule has 1 aromatic rings. The third kappa shape index (κ3) is 4.33. The fourth-order valence-corrected chi connectivity index (χ4v) is 1.41. The third-order valence-electron chi connectivity index (χ3n) is 2.16. The first kappa shape index (κ1) is 13.3. The van der Waals surface area contributed by atoms with Gasteiger partial charge in [-0.25, -0.2) is 0 Å². The monoisotopic (exact) mass is 234 g/mol. The molecule has 4 nitrogen and oxygen atoms in total. The second-order valence-corrected chi connectivity index (χ2v) is 3.43. The zero-order valence-electron chi connectivity index (χ0n) is 10.3. The van der Waals surface area contributed by atoms with Gasteiger partial charge in [0.2, 0.25) is 0 Å². The standard InChI is InChI=1S/C13H18N2O2/c1-3-15-11(9-14)10-17-13-8-6-5-7-12(13)16-4-2/h5-8,11,15H,3-4,10H2,1-2H3. The molecule has 0 aliphatic heterocycles. The molecule has 0 aromatic heterocycles. The summed E-state index contributed by atoms with van der Waals surface area (Å²) in [6, 6.07) is 9.32. The molecule has 1 unspecified atom stereocenters. The van der Waals surface area contributed by atoms with Gasteiger partial charge in [-0.1, -0.05) is 19.1 Å². The molecule has 0 saturated carbocycles. The Bertz CT molecular complexity index is 374. The number of hydrogen-bond acceptors (Lipinski definition) is 4. The van der Waals surface area contributed by atoms with E-state index in [9.17, 15) is 0 Å². The minimum Gasteiger partial charge on any atom is -0.490 e. The number of para-hydroxylation sites is 2. The fourth-order valence-electron chi connectivity index (χ4n) is 1.41. The Hall–Kier alpha value is -1.73. The van der Waals surface area contributed by atoms with Crippen molar-refractivity contribution in [3.63, 3.8) is 0 Å². The maximum Gasteiger partial charge on any atom is 0.161 e. The van der Waals surface area contributed by atoms with Gasteiger partial charge in [-0.15, -0.1) is 0 Å². The molecule has 17 heavy (non-hydrogen) atoms. The lowest BCUT2D eigenvalue weighted by atomic mass is 10.3. The van der Waals surface area contributed by atoms with Gasteiger partial charge in [-0.3, -0.25) is 5.32 Å². The van der Waals surface area contributed by atoms with Gasteiger partial charge in [0.1, 0.15) is 12.6 Å². The predicted octanol–water partition coefficient (Wildman–Crippen LogP) is 1.97. The van der Waals surface area contributed by atoms with Gasteiger partial charge >= 0.3 is 0 Å². The Morgan fingerprint density at radius 3 is 2.41 bits per heavy atom. The molecule has 1 atom stereocenters. The molecule has 92 valence electrons. The van der Waals surface area contributed by atoms with Gasteiger partial charge in [0.05, 0.1) is 12.7 Å². The van der Waals surface area contributed by atoms with E-state index in [1.54, 1.807) is 0 Å². The lowest BCUT2D eigenvalue weighted by molar-refractivity contribution is 0.262. The summed E-state index contributed by atoms with van der Waals surface area (Å²) in [7, 11) is 0. The van der Waals surface area contributed by atoms with Crippen molar-refractivity contribution in [3.05, 3.63) is 24.3 Å². The molecule has 0 fully saturated rings. The molecule has 0 bridgehead atoms. The van der Waals surface area contributed by atoms with E-state index >= 15 is 0 Å². The molecule has 0 radical (unpaired) electrons. The minimum atomic E-state index is -0.297. The quantitative estimate of drug-likeness (QED) is 0.783. The smallest absolute Gasteiger partial charge is 0.161 e. The van der Waals surface area contributed by atoms with Crippen LogP contribution >= 0.6 is 0 Å². The van der Waals surface area contributed by atoms with Crippen LogP contribution in [0.25, 0.3) is 0 Å². The summed E-state index contributed by atoms with van der Waals surface area (Å²) in [4.78, 5) is 0. The summed E-state index contributed by atoms with van der Waals surface area (Å²) < 4.78 is 11.0. The van der Waals surface area contributed by atoms with E-state index in [2.05, 4.69) is 11.4 Å². The minimum absolute atomic E-state index is 0.297. The van der Waals surface area contributed by atoms with Gasteiger partial charge in [-0.2, -0.15) is 5.26 Å². The molecule has 0 aliphatic carbocycles. The van der Waals surface area contributed by atoms with Gasteiger partial charge in [-0.05, 0) is 25.6 Å². The number of likely N-dealkylation sites (N-methyl/N-ethyl adjacent to an activating group) is 1. The lowest BCUT2D eigenvalue weighted by Crippen LogP contribution is -2.33. The fraction of sp³-hybridized carbons (Fsp3) is 0.462. The summed E-state index contributed by atoms with van der Waals surface area (Å²) in [5.74, 6) is 1.38. The van der Waals surface area contributed by atoms with E-state index in [1.165, 1.54) is 0 Å². The molecular formula is C13H18N2O2. The van der Waals surface area contributed by atoms with E-state index in [4.69, 9.17) is 14.7 Å². The van der Waals surface area contributed by atoms with Crippen molar-refractivity contribution in [3.8, 4) is 17.6 Å². The Balaban J connectivity index is 2.59. The van der Waals surface area contributed by atoms with Crippen LogP contribution < -0.4 is 14.8 Å². The largest absolute Gasteiger partial charge is 0.490 e. The zero-order chi connectivity index (χ0) is 12.5. The van der Waals surface area contributed by atoms with Crippen LogP contribution in [0.3, 0.4) is 0 Å². The van der Waals surface area contributed by atoms with Crippen LogP contribution in [0.4, 0.5) is 0 Å². The number of nitrogens with zero attached hydrogens (tertiary/aromatic N) is 1. The number of ether oxygens (including phenoxy) is 2. The topological polar surface area (TPSA) is 54.3 Å². The Labute approximate surface area is 102 Å². The van der Waals surface area contributed by atoms with Crippen molar-refractivity contribution < 1.29 is 9.47 Å². The van der Waals surface area contributed by atoms with E-state index in [1.807, 2.05) is 38.1 Å². The van der Waals surface area contributed by atoms with E-state index in [0.29, 0.717) is 24.7 Å². The van der Waals surface area contributed by atoms with Crippen LogP contribution in [0.15, 0.2) is 24.3 Å². The number of rotatable bonds is 7. The SMILES string of the molecule is CCNC(C#N)COc1ccccc1OCC. The van der Waals surface area contributed by atoms with Crippen LogP contribution in [-0.2, 0) is 0 Å². The van der Waals surface area contributed by atoms with Gasteiger partial charge in [0.15, 0.2) is 11.5 Å². The van der Waals surface area contributed by atoms with Crippen LogP contribution in [0, 0.1) is 11.3 Å². The number of hydrogen-bond donors (Lipinski definition) is 1. The van der Waals surface area contributed by atoms with Crippen LogP contribution in [0.1, 0.15) is 13.8 Å². The molecule has 1 rings (SSSR count). The highest BCUT2D eigenvalue weighted by Crippen LogP contribution is 2.26. The molecule has 0 spiro atoms. The van der Waals surface area contributed by atoms with Gasteiger partial charge in [0, 0.05) is 0 Å². The summed E-state index contributed by atoms with van der Waals surface area (Å²) in [6.45, 7) is 5.53. The van der Waals surface area contributed by atoms with Crippen molar-refractivity contribution in [1.29, 1.82) is 5.26 Å². The predicted molar refractivity (Wildman–Crippen MR) is 66.2 cm³/mol. The Morgan fingerprint density at radius 2 is 1.88 bits per heavy atom. The molecule has 0 heterocycles. The average Bonchev–Trinajstić information content (AvgIpc) is 2.36. The molecular weight excluding hydrogens is 216 g/mol. The highest BCUT2D eigenvalue weighted by atomic mass is 16.5. The maximum absolute atomic E-state index is 8.88. The van der Waals surface area contributed by atoms with Gasteiger partial charge in [0.25, 0.3) is 0 Å². The molecule has 1 aromatic carbocycles. The second kappa shape index (κ2) is 7.53. The number of nitrogens with one attached hydrogen (secondary N) is 1. The molecule has 4 heteroatoms. The van der Waals surface area contributed by atoms with Crippen molar-refractivity contribution in [2.45, 2.75) is 19.9 Å². The van der Waals surface area contributed by atoms with Crippen molar-refractivity contribution in [2.24, 2.45) is 0 Å². The second-order valence-electron chi connectivity index (χ2n) is 3.43. The average molecular weight is 234 g/mol. The molecule has 1 N–H and O–H groups in total. The first-order chi connectivity index (χ1) is 8.31. The Morgan fingerprint density at radius 1 is 1.24 bits per heavy atom. The first-order valence-corrected chi connectivity index (χ1v) is 5.79. The van der Waals surface area contributed by atoms with Gasteiger partial charge < -0.3 is 9.47 Å². The van der Waals surface area contributed by atoms with E-state index in [-0.39, 0.29) is 6.04 Å². The lowest BCUT2D eigenvalue weighted by Gasteiger charge is -2.14. The van der Waals surface area contributed by atoms with Crippen LogP contribution in [-0.4, -0.2) is 25.8 Å². The van der Waals surface area contributed by atoms with E-state index < -0.39 is 0 Å². The molecule has 0 aliphatic rings. The zero-order valence-corrected chi connectivity index (χ0v) is 10.3. The van der Waals surface area contributed by atoms with Crippen LogP contribution in [0.2, 0.25) is 0 Å². The highest BCUT2D eigenvalue weighted by molar-refractivity contribution is 5.39. The van der Waals surface area contributed by atoms with E-state index in [0.717, 1.165) is 6.54 Å². The van der Waals surface area contributed by atoms with Crippen LogP contribution in [0.5, 0.6) is 11.5 Å². The number of benzene rings is 1. The van der Waals surface area contributed by atoms with Crippen molar-refractivity contribution in [2.75, 3.05) is 19.8 Å². The molecule has 0 amide bonds. The highest BCUT2D eigenvalue weighted by Gasteiger charge is 2.08. The Kier molecular flexibility index (Phi) is 5.91.